The van der Waals surface area contributed by atoms with Crippen LogP contribution < -0.4 is 15.4 Å². The highest BCUT2D eigenvalue weighted by atomic mass is 19.1. The number of rotatable bonds is 8. The second-order valence-corrected chi connectivity index (χ2v) is 6.16. The molecule has 1 aromatic rings. The molecule has 1 saturated carbocycles. The molecule has 0 heterocycles. The maximum absolute atomic E-state index is 14.2. The van der Waals surface area contributed by atoms with Gasteiger partial charge in [0.15, 0.2) is 17.5 Å². The molecule has 0 radical (unpaired) electrons. The number of nitrogens with zero attached hydrogens (tertiary/aromatic N) is 1. The van der Waals surface area contributed by atoms with Gasteiger partial charge in [-0.05, 0) is 49.8 Å². The highest BCUT2D eigenvalue weighted by Gasteiger charge is 2.22. The fourth-order valence-corrected chi connectivity index (χ4v) is 2.26. The van der Waals surface area contributed by atoms with Crippen LogP contribution in [0.4, 0.5) is 4.39 Å². The van der Waals surface area contributed by atoms with Gasteiger partial charge in [0.1, 0.15) is 0 Å². The summed E-state index contributed by atoms with van der Waals surface area (Å²) in [7, 11) is 1.74. The predicted molar refractivity (Wildman–Crippen MR) is 92.4 cm³/mol. The first-order valence-electron chi connectivity index (χ1n) is 8.53. The molecule has 2 rings (SSSR count). The molecule has 4 nitrogen and oxygen atoms in total. The van der Waals surface area contributed by atoms with Crippen LogP contribution in [0.1, 0.15) is 51.1 Å². The number of nitrogens with one attached hydrogen (secondary N) is 2. The van der Waals surface area contributed by atoms with Gasteiger partial charge in [0.25, 0.3) is 0 Å². The van der Waals surface area contributed by atoms with Crippen molar-refractivity contribution in [2.45, 2.75) is 45.6 Å². The standard InChI is InChI=1S/C18H28FN3O/c1-4-5-10-21-18(20-3)22-13(2)15-8-9-17(16(19)11-15)23-12-14-6-7-14/h8-9,11,13-14H,4-7,10,12H2,1-3H3,(H2,20,21,22). The van der Waals surface area contributed by atoms with Crippen molar-refractivity contribution in [1.29, 1.82) is 0 Å². The summed E-state index contributed by atoms with van der Waals surface area (Å²) >= 11 is 0. The van der Waals surface area contributed by atoms with Crippen molar-refractivity contribution in [1.82, 2.24) is 10.6 Å². The van der Waals surface area contributed by atoms with E-state index in [0.717, 1.165) is 30.9 Å². The lowest BCUT2D eigenvalue weighted by Crippen LogP contribution is -2.39. The summed E-state index contributed by atoms with van der Waals surface area (Å²) < 4.78 is 19.7. The second-order valence-electron chi connectivity index (χ2n) is 6.16. The van der Waals surface area contributed by atoms with E-state index in [2.05, 4.69) is 22.5 Å². The Kier molecular flexibility index (Phi) is 6.68. The van der Waals surface area contributed by atoms with E-state index in [1.165, 1.54) is 12.8 Å². The zero-order valence-electron chi connectivity index (χ0n) is 14.4. The van der Waals surface area contributed by atoms with Gasteiger partial charge in [-0.2, -0.15) is 0 Å². The minimum absolute atomic E-state index is 0.0326. The Morgan fingerprint density at radius 2 is 2.22 bits per heavy atom. The highest BCUT2D eigenvalue weighted by Crippen LogP contribution is 2.30. The first kappa shape index (κ1) is 17.6. The van der Waals surface area contributed by atoms with Gasteiger partial charge in [0.2, 0.25) is 0 Å². The van der Waals surface area contributed by atoms with E-state index in [1.807, 2.05) is 13.0 Å². The van der Waals surface area contributed by atoms with E-state index in [4.69, 9.17) is 4.74 Å². The Morgan fingerprint density at radius 1 is 1.43 bits per heavy atom. The maximum atomic E-state index is 14.2. The monoisotopic (exact) mass is 321 g/mol. The summed E-state index contributed by atoms with van der Waals surface area (Å²) in [4.78, 5) is 4.20. The first-order valence-corrected chi connectivity index (χ1v) is 8.53. The summed E-state index contributed by atoms with van der Waals surface area (Å²) in [5.41, 5.74) is 0.875. The molecule has 0 aromatic heterocycles. The summed E-state index contributed by atoms with van der Waals surface area (Å²) in [5.74, 6) is 1.40. The zero-order valence-corrected chi connectivity index (χ0v) is 14.4. The van der Waals surface area contributed by atoms with Gasteiger partial charge in [0, 0.05) is 13.6 Å². The van der Waals surface area contributed by atoms with Crippen molar-refractivity contribution in [2.24, 2.45) is 10.9 Å². The minimum atomic E-state index is -0.300. The van der Waals surface area contributed by atoms with Crippen molar-refractivity contribution in [3.63, 3.8) is 0 Å². The molecule has 1 aliphatic rings. The fourth-order valence-electron chi connectivity index (χ4n) is 2.26. The number of halogens is 1. The number of benzene rings is 1. The number of hydrogen-bond acceptors (Lipinski definition) is 2. The second kappa shape index (κ2) is 8.75. The minimum Gasteiger partial charge on any atom is -0.490 e. The van der Waals surface area contributed by atoms with Crippen LogP contribution >= 0.6 is 0 Å². The van der Waals surface area contributed by atoms with Crippen LogP contribution in [-0.4, -0.2) is 26.2 Å². The first-order chi connectivity index (χ1) is 11.1. The topological polar surface area (TPSA) is 45.7 Å². The molecule has 1 unspecified atom stereocenters. The maximum Gasteiger partial charge on any atom is 0.191 e. The number of ether oxygens (including phenoxy) is 1. The molecule has 0 aliphatic heterocycles. The molecule has 1 atom stereocenters. The average Bonchev–Trinajstić information content (AvgIpc) is 3.37. The number of guanidine groups is 1. The summed E-state index contributed by atoms with van der Waals surface area (Å²) in [5, 5.41) is 6.54. The normalized spacial score (nSPS) is 16.1. The van der Waals surface area contributed by atoms with Gasteiger partial charge >= 0.3 is 0 Å². The lowest BCUT2D eigenvalue weighted by Gasteiger charge is -2.19. The average molecular weight is 321 g/mol. The van der Waals surface area contributed by atoms with Crippen molar-refractivity contribution < 1.29 is 9.13 Å². The van der Waals surface area contributed by atoms with E-state index >= 15 is 0 Å². The van der Waals surface area contributed by atoms with E-state index in [-0.39, 0.29) is 11.9 Å². The molecule has 0 amide bonds. The van der Waals surface area contributed by atoms with E-state index in [0.29, 0.717) is 18.3 Å². The number of aliphatic imine (C=N–C) groups is 1. The van der Waals surface area contributed by atoms with Gasteiger partial charge in [-0.25, -0.2) is 4.39 Å². The predicted octanol–water partition coefficient (Wildman–Crippen LogP) is 3.64. The quantitative estimate of drug-likeness (QED) is 0.436. The van der Waals surface area contributed by atoms with Crippen LogP contribution in [0, 0.1) is 11.7 Å². The zero-order chi connectivity index (χ0) is 16.7. The SMILES string of the molecule is CCCCNC(=NC)NC(C)c1ccc(OCC2CC2)c(F)c1. The smallest absolute Gasteiger partial charge is 0.191 e. The van der Waals surface area contributed by atoms with Crippen molar-refractivity contribution >= 4 is 5.96 Å². The third-order valence-electron chi connectivity index (χ3n) is 4.03. The van der Waals surface area contributed by atoms with Crippen LogP contribution in [0.5, 0.6) is 5.75 Å². The lowest BCUT2D eigenvalue weighted by atomic mass is 10.1. The van der Waals surface area contributed by atoms with Gasteiger partial charge in [-0.3, -0.25) is 4.99 Å². The molecule has 0 saturated heterocycles. The van der Waals surface area contributed by atoms with Crippen LogP contribution in [-0.2, 0) is 0 Å². The van der Waals surface area contributed by atoms with Gasteiger partial charge < -0.3 is 15.4 Å². The van der Waals surface area contributed by atoms with Crippen LogP contribution in [0.3, 0.4) is 0 Å². The van der Waals surface area contributed by atoms with Crippen molar-refractivity contribution in [3.8, 4) is 5.75 Å². The van der Waals surface area contributed by atoms with Crippen molar-refractivity contribution in [2.75, 3.05) is 20.2 Å². The molecule has 1 fully saturated rings. The summed E-state index contributed by atoms with van der Waals surface area (Å²) in [6.07, 6.45) is 4.62. The molecular weight excluding hydrogens is 293 g/mol. The van der Waals surface area contributed by atoms with Crippen LogP contribution in [0.25, 0.3) is 0 Å². The molecule has 128 valence electrons. The van der Waals surface area contributed by atoms with Gasteiger partial charge in [-0.15, -0.1) is 0 Å². The highest BCUT2D eigenvalue weighted by molar-refractivity contribution is 5.80. The van der Waals surface area contributed by atoms with Crippen molar-refractivity contribution in [3.05, 3.63) is 29.6 Å². The Morgan fingerprint density at radius 3 is 2.83 bits per heavy atom. The molecule has 2 N–H and O–H groups in total. The number of hydrogen-bond donors (Lipinski definition) is 2. The molecule has 23 heavy (non-hydrogen) atoms. The Bertz CT molecular complexity index is 529. The fraction of sp³-hybridized carbons (Fsp3) is 0.611. The summed E-state index contributed by atoms with van der Waals surface area (Å²) in [6, 6.07) is 5.13. The molecule has 0 spiro atoms. The lowest BCUT2D eigenvalue weighted by molar-refractivity contribution is 0.285. The third kappa shape index (κ3) is 5.73. The Balaban J connectivity index is 1.89. The molecular formula is C18H28FN3O. The van der Waals surface area contributed by atoms with E-state index in [1.54, 1.807) is 19.2 Å². The van der Waals surface area contributed by atoms with Crippen LogP contribution in [0.15, 0.2) is 23.2 Å². The van der Waals surface area contributed by atoms with Crippen LogP contribution in [0.2, 0.25) is 0 Å². The van der Waals surface area contributed by atoms with E-state index < -0.39 is 0 Å². The Labute approximate surface area is 138 Å². The largest absolute Gasteiger partial charge is 0.490 e. The Hall–Kier alpha value is -1.78. The van der Waals surface area contributed by atoms with Gasteiger partial charge in [0.05, 0.1) is 12.6 Å². The molecule has 5 heteroatoms. The number of unbranched alkanes of at least 4 members (excludes halogenated alkanes) is 1. The molecule has 1 aliphatic carbocycles. The van der Waals surface area contributed by atoms with E-state index in [9.17, 15) is 4.39 Å². The molecule has 1 aromatic carbocycles. The van der Waals surface area contributed by atoms with Gasteiger partial charge in [-0.1, -0.05) is 19.4 Å². The molecule has 0 bridgehead atoms. The third-order valence-corrected chi connectivity index (χ3v) is 4.03. The summed E-state index contributed by atoms with van der Waals surface area (Å²) in [6.45, 7) is 5.64.